The van der Waals surface area contributed by atoms with Crippen LogP contribution in [0.4, 0.5) is 0 Å². The summed E-state index contributed by atoms with van der Waals surface area (Å²) >= 11 is 0. The van der Waals surface area contributed by atoms with Crippen LogP contribution in [0.1, 0.15) is 35.9 Å². The second kappa shape index (κ2) is 5.31. The minimum atomic E-state index is -0.0597. The Morgan fingerprint density at radius 2 is 2.29 bits per heavy atom. The maximum absolute atomic E-state index is 11.9. The molecule has 1 aliphatic heterocycles. The number of rotatable bonds is 3. The minimum Gasteiger partial charge on any atom is -0.348 e. The summed E-state index contributed by atoms with van der Waals surface area (Å²) in [5.74, 6) is -0.0597. The first kappa shape index (κ1) is 12.1. The molecule has 1 amide bonds. The van der Waals surface area contributed by atoms with Gasteiger partial charge in [0.2, 0.25) is 0 Å². The average molecular weight is 236 g/mol. The maximum Gasteiger partial charge on any atom is 0.271 e. The topological polar surface area (TPSA) is 61.0 Å². The molecule has 1 fully saturated rings. The molecule has 0 atom stereocenters. The van der Waals surface area contributed by atoms with Gasteiger partial charge in [0.15, 0.2) is 0 Å². The van der Waals surface area contributed by atoms with Crippen LogP contribution in [0.3, 0.4) is 0 Å². The van der Waals surface area contributed by atoms with E-state index in [1.54, 1.807) is 0 Å². The van der Waals surface area contributed by atoms with E-state index < -0.39 is 0 Å². The van der Waals surface area contributed by atoms with E-state index in [9.17, 15) is 4.79 Å². The van der Waals surface area contributed by atoms with Gasteiger partial charge in [-0.2, -0.15) is 5.10 Å². The quantitative estimate of drug-likeness (QED) is 0.816. The third-order valence-electron chi connectivity index (χ3n) is 3.30. The van der Waals surface area contributed by atoms with Crippen molar-refractivity contribution < 1.29 is 4.79 Å². The van der Waals surface area contributed by atoms with E-state index in [1.807, 2.05) is 13.0 Å². The van der Waals surface area contributed by atoms with Crippen molar-refractivity contribution in [3.63, 3.8) is 0 Å². The van der Waals surface area contributed by atoms with Crippen molar-refractivity contribution in [1.29, 1.82) is 0 Å². The van der Waals surface area contributed by atoms with Crippen LogP contribution >= 0.6 is 0 Å². The van der Waals surface area contributed by atoms with Gasteiger partial charge in [-0.1, -0.05) is 6.92 Å². The molecule has 1 aliphatic rings. The van der Waals surface area contributed by atoms with Gasteiger partial charge in [-0.15, -0.1) is 0 Å². The van der Waals surface area contributed by atoms with E-state index in [1.165, 1.54) is 0 Å². The van der Waals surface area contributed by atoms with Crippen molar-refractivity contribution in [3.8, 4) is 0 Å². The fraction of sp³-hybridized carbons (Fsp3) is 0.667. The smallest absolute Gasteiger partial charge is 0.271 e. The van der Waals surface area contributed by atoms with Gasteiger partial charge >= 0.3 is 0 Å². The molecule has 0 spiro atoms. The van der Waals surface area contributed by atoms with Gasteiger partial charge < -0.3 is 10.2 Å². The number of piperidine rings is 1. The summed E-state index contributed by atoms with van der Waals surface area (Å²) in [7, 11) is 2.11. The molecule has 94 valence electrons. The van der Waals surface area contributed by atoms with Crippen molar-refractivity contribution >= 4 is 5.91 Å². The summed E-state index contributed by atoms with van der Waals surface area (Å²) in [5.41, 5.74) is 1.50. The third-order valence-corrected chi connectivity index (χ3v) is 3.30. The first-order valence-electron chi connectivity index (χ1n) is 6.22. The van der Waals surface area contributed by atoms with Gasteiger partial charge in [-0.05, 0) is 45.5 Å². The van der Waals surface area contributed by atoms with Gasteiger partial charge in [-0.3, -0.25) is 9.89 Å². The Hall–Kier alpha value is -1.36. The lowest BCUT2D eigenvalue weighted by Gasteiger charge is -2.29. The fourth-order valence-corrected chi connectivity index (χ4v) is 2.07. The molecule has 0 saturated carbocycles. The Morgan fingerprint density at radius 1 is 1.59 bits per heavy atom. The number of likely N-dealkylation sites (tertiary alicyclic amines) is 1. The number of nitrogens with zero attached hydrogens (tertiary/aromatic N) is 2. The van der Waals surface area contributed by atoms with E-state index in [2.05, 4.69) is 27.5 Å². The van der Waals surface area contributed by atoms with Gasteiger partial charge in [0.05, 0.1) is 0 Å². The number of aryl methyl sites for hydroxylation is 1. The monoisotopic (exact) mass is 236 g/mol. The highest BCUT2D eigenvalue weighted by Crippen LogP contribution is 2.09. The van der Waals surface area contributed by atoms with E-state index in [-0.39, 0.29) is 5.91 Å². The molecule has 2 rings (SSSR count). The zero-order chi connectivity index (χ0) is 12.3. The number of amides is 1. The second-order valence-corrected chi connectivity index (χ2v) is 4.68. The Bertz CT molecular complexity index is 380. The molecule has 1 aromatic rings. The van der Waals surface area contributed by atoms with Crippen LogP contribution in [0.5, 0.6) is 0 Å². The molecule has 0 aliphatic carbocycles. The largest absolute Gasteiger partial charge is 0.348 e. The van der Waals surface area contributed by atoms with Gasteiger partial charge in [-0.25, -0.2) is 0 Å². The molecule has 0 aromatic carbocycles. The highest BCUT2D eigenvalue weighted by atomic mass is 16.2. The van der Waals surface area contributed by atoms with Crippen LogP contribution in [0.25, 0.3) is 0 Å². The summed E-state index contributed by atoms with van der Waals surface area (Å²) in [5, 5.41) is 9.93. The van der Waals surface area contributed by atoms with E-state index in [0.717, 1.165) is 38.0 Å². The number of aromatic nitrogens is 2. The number of carbonyl (C=O) groups is 1. The van der Waals surface area contributed by atoms with Crippen molar-refractivity contribution in [1.82, 2.24) is 20.4 Å². The van der Waals surface area contributed by atoms with Crippen molar-refractivity contribution in [2.45, 2.75) is 32.2 Å². The number of hydrogen-bond acceptors (Lipinski definition) is 3. The number of nitrogens with one attached hydrogen (secondary N) is 2. The van der Waals surface area contributed by atoms with Gasteiger partial charge in [0, 0.05) is 11.7 Å². The molecule has 1 aromatic heterocycles. The molecule has 2 heterocycles. The first-order valence-corrected chi connectivity index (χ1v) is 6.22. The second-order valence-electron chi connectivity index (χ2n) is 4.68. The van der Waals surface area contributed by atoms with Crippen LogP contribution < -0.4 is 5.32 Å². The normalized spacial score (nSPS) is 18.2. The van der Waals surface area contributed by atoms with E-state index in [4.69, 9.17) is 0 Å². The SMILES string of the molecule is CCc1cc(C(=O)NC2CCN(C)CC2)n[nH]1. The molecule has 0 unspecified atom stereocenters. The number of H-pyrrole nitrogens is 1. The van der Waals surface area contributed by atoms with Crippen molar-refractivity contribution in [2.24, 2.45) is 0 Å². The lowest BCUT2D eigenvalue weighted by molar-refractivity contribution is 0.0912. The highest BCUT2D eigenvalue weighted by molar-refractivity contribution is 5.92. The number of hydrogen-bond donors (Lipinski definition) is 2. The maximum atomic E-state index is 11.9. The fourth-order valence-electron chi connectivity index (χ4n) is 2.07. The molecule has 2 N–H and O–H groups in total. The Balaban J connectivity index is 1.88. The molecule has 5 heteroatoms. The number of carbonyl (C=O) groups excluding carboxylic acids is 1. The lowest BCUT2D eigenvalue weighted by Crippen LogP contribution is -2.43. The number of aromatic amines is 1. The van der Waals surface area contributed by atoms with E-state index in [0.29, 0.717) is 11.7 Å². The van der Waals surface area contributed by atoms with Crippen LogP contribution in [0.2, 0.25) is 0 Å². The van der Waals surface area contributed by atoms with Crippen LogP contribution in [-0.4, -0.2) is 47.2 Å². The van der Waals surface area contributed by atoms with E-state index >= 15 is 0 Å². The van der Waals surface area contributed by atoms with Crippen LogP contribution in [-0.2, 0) is 6.42 Å². The lowest BCUT2D eigenvalue weighted by atomic mass is 10.1. The van der Waals surface area contributed by atoms with Crippen molar-refractivity contribution in [3.05, 3.63) is 17.5 Å². The zero-order valence-electron chi connectivity index (χ0n) is 10.5. The standard InChI is InChI=1S/C12H20N4O/c1-3-9-8-11(15-14-9)12(17)13-10-4-6-16(2)7-5-10/h8,10H,3-7H2,1-2H3,(H,13,17)(H,14,15). The minimum absolute atomic E-state index is 0.0597. The zero-order valence-corrected chi connectivity index (χ0v) is 10.5. The summed E-state index contributed by atoms with van der Waals surface area (Å²) in [6.07, 6.45) is 2.91. The van der Waals surface area contributed by atoms with Crippen molar-refractivity contribution in [2.75, 3.05) is 20.1 Å². The molecule has 1 saturated heterocycles. The Morgan fingerprint density at radius 3 is 2.88 bits per heavy atom. The molecule has 17 heavy (non-hydrogen) atoms. The van der Waals surface area contributed by atoms with Gasteiger partial charge in [0.1, 0.15) is 5.69 Å². The molecular weight excluding hydrogens is 216 g/mol. The Kier molecular flexibility index (Phi) is 3.78. The summed E-state index contributed by atoms with van der Waals surface area (Å²) in [6, 6.07) is 2.12. The molecule has 0 radical (unpaired) electrons. The predicted molar refractivity (Wildman–Crippen MR) is 66.0 cm³/mol. The molecule has 0 bridgehead atoms. The average Bonchev–Trinajstić information content (AvgIpc) is 2.81. The van der Waals surface area contributed by atoms with Crippen LogP contribution in [0.15, 0.2) is 6.07 Å². The molecular formula is C12H20N4O. The summed E-state index contributed by atoms with van der Waals surface area (Å²) in [6.45, 7) is 4.13. The van der Waals surface area contributed by atoms with Crippen LogP contribution in [0, 0.1) is 0 Å². The summed E-state index contributed by atoms with van der Waals surface area (Å²) in [4.78, 5) is 14.2. The predicted octanol–water partition coefficient (Wildman–Crippen LogP) is 0.796. The first-order chi connectivity index (χ1) is 8.19. The Labute approximate surface area is 102 Å². The third kappa shape index (κ3) is 3.06. The van der Waals surface area contributed by atoms with Gasteiger partial charge in [0.25, 0.3) is 5.91 Å². The highest BCUT2D eigenvalue weighted by Gasteiger charge is 2.20. The molecule has 5 nitrogen and oxygen atoms in total. The summed E-state index contributed by atoms with van der Waals surface area (Å²) < 4.78 is 0.